The molecular formula is C18H33N. The number of piperidine rings is 1. The summed E-state index contributed by atoms with van der Waals surface area (Å²) in [6, 6.07) is 0. The van der Waals surface area contributed by atoms with Crippen LogP contribution in [0.2, 0.25) is 0 Å². The quantitative estimate of drug-likeness (QED) is 0.656. The smallest absolute Gasteiger partial charge is 0.0448 e. The minimum atomic E-state index is 0.379. The second kappa shape index (κ2) is 5.60. The Labute approximate surface area is 120 Å². The second-order valence-electron chi connectivity index (χ2n) is 7.52. The number of hydrogen-bond donors (Lipinski definition) is 0. The van der Waals surface area contributed by atoms with Crippen LogP contribution in [0, 0.1) is 17.8 Å². The Hall–Kier alpha value is -0.300. The molecule has 1 heteroatoms. The molecule has 1 fully saturated rings. The van der Waals surface area contributed by atoms with E-state index in [1.807, 2.05) is 5.57 Å². The third-order valence-corrected chi connectivity index (χ3v) is 5.49. The van der Waals surface area contributed by atoms with Crippen molar-refractivity contribution in [2.75, 3.05) is 13.1 Å². The molecule has 2 aliphatic heterocycles. The fourth-order valence-electron chi connectivity index (χ4n) is 4.77. The van der Waals surface area contributed by atoms with Crippen molar-refractivity contribution in [2.45, 2.75) is 72.8 Å². The van der Waals surface area contributed by atoms with Gasteiger partial charge >= 0.3 is 0 Å². The highest BCUT2D eigenvalue weighted by molar-refractivity contribution is 5.34. The predicted molar refractivity (Wildman–Crippen MR) is 84.3 cm³/mol. The molecule has 0 N–H and O–H groups in total. The van der Waals surface area contributed by atoms with Gasteiger partial charge in [-0.1, -0.05) is 47.1 Å². The molecular weight excluding hydrogens is 230 g/mol. The van der Waals surface area contributed by atoms with Gasteiger partial charge in [0.25, 0.3) is 0 Å². The van der Waals surface area contributed by atoms with Crippen LogP contribution in [0.15, 0.2) is 11.1 Å². The van der Waals surface area contributed by atoms with Crippen LogP contribution in [0.5, 0.6) is 0 Å². The molecule has 0 aromatic rings. The molecule has 0 bridgehead atoms. The molecule has 1 nitrogen and oxygen atoms in total. The molecule has 0 saturated carbocycles. The molecule has 2 aliphatic rings. The molecule has 2 rings (SSSR count). The SMILES string of the molecule is CC(C)C1=C(C(C)C)C2(C(C)C)CCCCN2CC1. The van der Waals surface area contributed by atoms with Crippen molar-refractivity contribution in [3.8, 4) is 0 Å². The van der Waals surface area contributed by atoms with Gasteiger partial charge in [-0.05, 0) is 55.6 Å². The fourth-order valence-corrected chi connectivity index (χ4v) is 4.77. The lowest BCUT2D eigenvalue weighted by molar-refractivity contribution is 0.0201. The Morgan fingerprint density at radius 1 is 0.895 bits per heavy atom. The molecule has 110 valence electrons. The highest BCUT2D eigenvalue weighted by Gasteiger charge is 2.48. The van der Waals surface area contributed by atoms with E-state index in [2.05, 4.69) is 46.4 Å². The molecule has 0 spiro atoms. The number of fused-ring (bicyclic) bond motifs is 1. The van der Waals surface area contributed by atoms with Gasteiger partial charge in [0.2, 0.25) is 0 Å². The molecule has 1 atom stereocenters. The highest BCUT2D eigenvalue weighted by atomic mass is 15.2. The summed E-state index contributed by atoms with van der Waals surface area (Å²) in [6.45, 7) is 17.1. The Morgan fingerprint density at radius 2 is 1.58 bits per heavy atom. The Balaban J connectivity index is 2.56. The zero-order valence-corrected chi connectivity index (χ0v) is 13.9. The standard InChI is InChI=1S/C18H33N/c1-13(2)16-9-12-19-11-8-7-10-18(19,15(5)6)17(16)14(3)4/h13-15H,7-12H2,1-6H3. The van der Waals surface area contributed by atoms with Crippen LogP contribution in [-0.4, -0.2) is 23.5 Å². The fraction of sp³-hybridized carbons (Fsp3) is 0.889. The van der Waals surface area contributed by atoms with Crippen molar-refractivity contribution in [2.24, 2.45) is 17.8 Å². The summed E-state index contributed by atoms with van der Waals surface area (Å²) in [7, 11) is 0. The maximum Gasteiger partial charge on any atom is 0.0448 e. The first-order valence-electron chi connectivity index (χ1n) is 8.39. The molecule has 0 aromatic carbocycles. The topological polar surface area (TPSA) is 3.24 Å². The van der Waals surface area contributed by atoms with Gasteiger partial charge in [0.15, 0.2) is 0 Å². The first kappa shape index (κ1) is 15.1. The Bertz CT molecular complexity index is 351. The number of rotatable bonds is 3. The van der Waals surface area contributed by atoms with E-state index in [1.54, 1.807) is 5.57 Å². The maximum absolute atomic E-state index is 2.84. The predicted octanol–water partition coefficient (Wildman–Crippen LogP) is 4.88. The van der Waals surface area contributed by atoms with Crippen molar-refractivity contribution >= 4 is 0 Å². The minimum Gasteiger partial charge on any atom is -0.293 e. The van der Waals surface area contributed by atoms with E-state index >= 15 is 0 Å². The molecule has 0 aliphatic carbocycles. The number of nitrogens with zero attached hydrogens (tertiary/aromatic N) is 1. The van der Waals surface area contributed by atoms with Crippen molar-refractivity contribution in [3.63, 3.8) is 0 Å². The molecule has 0 aromatic heterocycles. The average molecular weight is 263 g/mol. The van der Waals surface area contributed by atoms with Crippen molar-refractivity contribution in [1.82, 2.24) is 4.90 Å². The van der Waals surface area contributed by atoms with Gasteiger partial charge in [0, 0.05) is 12.1 Å². The monoisotopic (exact) mass is 263 g/mol. The van der Waals surface area contributed by atoms with E-state index in [0.29, 0.717) is 11.5 Å². The van der Waals surface area contributed by atoms with Gasteiger partial charge in [-0.25, -0.2) is 0 Å². The van der Waals surface area contributed by atoms with E-state index in [-0.39, 0.29) is 0 Å². The van der Waals surface area contributed by atoms with Crippen LogP contribution < -0.4 is 0 Å². The van der Waals surface area contributed by atoms with E-state index in [1.165, 1.54) is 38.8 Å². The van der Waals surface area contributed by atoms with Crippen LogP contribution in [0.1, 0.15) is 67.2 Å². The van der Waals surface area contributed by atoms with E-state index in [0.717, 1.165) is 11.8 Å². The maximum atomic E-state index is 2.84. The van der Waals surface area contributed by atoms with E-state index < -0.39 is 0 Å². The first-order valence-corrected chi connectivity index (χ1v) is 8.39. The second-order valence-corrected chi connectivity index (χ2v) is 7.52. The molecule has 0 radical (unpaired) electrons. The Kier molecular flexibility index (Phi) is 4.45. The molecule has 0 amide bonds. The summed E-state index contributed by atoms with van der Waals surface area (Å²) < 4.78 is 0. The largest absolute Gasteiger partial charge is 0.293 e. The molecule has 19 heavy (non-hydrogen) atoms. The Morgan fingerprint density at radius 3 is 2.11 bits per heavy atom. The highest BCUT2D eigenvalue weighted by Crippen LogP contribution is 2.49. The van der Waals surface area contributed by atoms with Crippen LogP contribution in [0.3, 0.4) is 0 Å². The third kappa shape index (κ3) is 2.39. The lowest BCUT2D eigenvalue weighted by Crippen LogP contribution is -2.60. The van der Waals surface area contributed by atoms with Crippen molar-refractivity contribution < 1.29 is 0 Å². The minimum absolute atomic E-state index is 0.379. The van der Waals surface area contributed by atoms with Crippen LogP contribution in [0.25, 0.3) is 0 Å². The summed E-state index contributed by atoms with van der Waals surface area (Å²) >= 11 is 0. The molecule has 1 unspecified atom stereocenters. The molecule has 2 heterocycles. The first-order chi connectivity index (χ1) is 8.91. The van der Waals surface area contributed by atoms with Crippen LogP contribution in [-0.2, 0) is 0 Å². The van der Waals surface area contributed by atoms with Gasteiger partial charge in [-0.15, -0.1) is 0 Å². The number of hydrogen-bond acceptors (Lipinski definition) is 1. The summed E-state index contributed by atoms with van der Waals surface area (Å²) in [4.78, 5) is 2.84. The summed E-state index contributed by atoms with van der Waals surface area (Å²) in [5, 5.41) is 0. The summed E-state index contributed by atoms with van der Waals surface area (Å²) in [5.41, 5.74) is 3.97. The summed E-state index contributed by atoms with van der Waals surface area (Å²) in [5.74, 6) is 2.15. The van der Waals surface area contributed by atoms with E-state index in [9.17, 15) is 0 Å². The third-order valence-electron chi connectivity index (χ3n) is 5.49. The summed E-state index contributed by atoms with van der Waals surface area (Å²) in [6.07, 6.45) is 5.50. The van der Waals surface area contributed by atoms with Gasteiger partial charge < -0.3 is 0 Å². The average Bonchev–Trinajstić information content (AvgIpc) is 2.36. The van der Waals surface area contributed by atoms with Gasteiger partial charge in [0.05, 0.1) is 0 Å². The van der Waals surface area contributed by atoms with Crippen molar-refractivity contribution in [1.29, 1.82) is 0 Å². The van der Waals surface area contributed by atoms with E-state index in [4.69, 9.17) is 0 Å². The zero-order chi connectivity index (χ0) is 14.2. The normalized spacial score (nSPS) is 29.5. The van der Waals surface area contributed by atoms with Gasteiger partial charge in [-0.3, -0.25) is 4.90 Å². The van der Waals surface area contributed by atoms with Gasteiger partial charge in [0.1, 0.15) is 0 Å². The van der Waals surface area contributed by atoms with Crippen LogP contribution in [0.4, 0.5) is 0 Å². The van der Waals surface area contributed by atoms with Crippen molar-refractivity contribution in [3.05, 3.63) is 11.1 Å². The zero-order valence-electron chi connectivity index (χ0n) is 13.9. The lowest BCUT2D eigenvalue weighted by Gasteiger charge is -2.56. The van der Waals surface area contributed by atoms with Gasteiger partial charge in [-0.2, -0.15) is 0 Å². The molecule has 1 saturated heterocycles. The van der Waals surface area contributed by atoms with Crippen LogP contribution >= 0.6 is 0 Å². The lowest BCUT2D eigenvalue weighted by atomic mass is 9.64.